The van der Waals surface area contributed by atoms with Gasteiger partial charge in [-0.3, -0.25) is 14.5 Å². The fourth-order valence-electron chi connectivity index (χ4n) is 2.02. The van der Waals surface area contributed by atoms with E-state index in [4.69, 9.17) is 4.84 Å². The van der Waals surface area contributed by atoms with Gasteiger partial charge in [-0.15, -0.1) is 0 Å². The smallest absolute Gasteiger partial charge is 0.264 e. The van der Waals surface area contributed by atoms with Crippen LogP contribution in [0, 0.1) is 0 Å². The molecular weight excluding hydrogens is 216 g/mol. The van der Waals surface area contributed by atoms with Gasteiger partial charge >= 0.3 is 0 Å². The van der Waals surface area contributed by atoms with E-state index in [9.17, 15) is 4.79 Å². The minimum atomic E-state index is -0.0323. The van der Waals surface area contributed by atoms with E-state index in [1.165, 1.54) is 17.7 Å². The summed E-state index contributed by atoms with van der Waals surface area (Å²) in [6.45, 7) is 2.93. The molecular formula is C13H18N2O2. The number of amides is 1. The molecule has 3 atom stereocenters. The molecule has 1 aliphatic heterocycles. The molecule has 2 rings (SSSR count). The Morgan fingerprint density at radius 2 is 2.12 bits per heavy atom. The number of nitrogens with zero attached hydrogens (tertiary/aromatic N) is 2. The number of carbonyl (C=O) groups is 1. The lowest BCUT2D eigenvalue weighted by molar-refractivity contribution is -0.169. The van der Waals surface area contributed by atoms with Crippen LogP contribution in [0.1, 0.15) is 18.5 Å². The first-order valence-corrected chi connectivity index (χ1v) is 5.77. The van der Waals surface area contributed by atoms with Gasteiger partial charge in [-0.2, -0.15) is 0 Å². The Morgan fingerprint density at radius 1 is 1.47 bits per heavy atom. The highest BCUT2D eigenvalue weighted by atomic mass is 16.7. The van der Waals surface area contributed by atoms with Crippen molar-refractivity contribution in [3.05, 3.63) is 35.9 Å². The zero-order valence-electron chi connectivity index (χ0n) is 10.5. The molecule has 1 aromatic carbocycles. The van der Waals surface area contributed by atoms with Crippen molar-refractivity contribution < 1.29 is 9.63 Å². The second kappa shape index (κ2) is 4.85. The van der Waals surface area contributed by atoms with Crippen molar-refractivity contribution >= 4 is 5.91 Å². The van der Waals surface area contributed by atoms with Crippen LogP contribution in [0.2, 0.25) is 0 Å². The largest absolute Gasteiger partial charge is 0.282 e. The van der Waals surface area contributed by atoms with Crippen molar-refractivity contribution in [2.75, 3.05) is 20.7 Å². The average molecular weight is 234 g/mol. The van der Waals surface area contributed by atoms with Gasteiger partial charge in [-0.1, -0.05) is 30.3 Å². The fourth-order valence-corrected chi connectivity index (χ4v) is 2.02. The molecule has 1 heterocycles. The summed E-state index contributed by atoms with van der Waals surface area (Å²) in [6.07, 6.45) is 0. The molecule has 0 N–H and O–H groups in total. The molecule has 92 valence electrons. The third-order valence-electron chi connectivity index (χ3n) is 3.30. The van der Waals surface area contributed by atoms with E-state index in [1.807, 2.05) is 18.2 Å². The van der Waals surface area contributed by atoms with Gasteiger partial charge in [0.1, 0.15) is 6.04 Å². The highest BCUT2D eigenvalue weighted by Crippen LogP contribution is 2.32. The summed E-state index contributed by atoms with van der Waals surface area (Å²) in [6, 6.07) is 10.5. The number of rotatable bonds is 4. The normalized spacial score (nSPS) is 24.2. The third kappa shape index (κ3) is 2.48. The third-order valence-corrected chi connectivity index (χ3v) is 3.30. The maximum atomic E-state index is 11.8. The molecule has 0 spiro atoms. The van der Waals surface area contributed by atoms with E-state index in [-0.39, 0.29) is 18.0 Å². The molecule has 4 heteroatoms. The second-order valence-electron chi connectivity index (χ2n) is 4.32. The lowest BCUT2D eigenvalue weighted by Gasteiger charge is -2.17. The van der Waals surface area contributed by atoms with E-state index in [1.54, 1.807) is 7.05 Å². The summed E-state index contributed by atoms with van der Waals surface area (Å²) in [5, 5.41) is 1.29. The van der Waals surface area contributed by atoms with Gasteiger partial charge in [-0.25, -0.2) is 5.06 Å². The summed E-state index contributed by atoms with van der Waals surface area (Å²) in [4.78, 5) is 18.9. The van der Waals surface area contributed by atoms with Crippen LogP contribution in [-0.2, 0) is 9.63 Å². The maximum Gasteiger partial charge on any atom is 0.264 e. The van der Waals surface area contributed by atoms with Gasteiger partial charge in [0.15, 0.2) is 0 Å². The number of hydrogen-bond donors (Lipinski definition) is 0. The molecule has 4 nitrogen and oxygen atoms in total. The first kappa shape index (κ1) is 12.1. The molecule has 1 amide bonds. The highest BCUT2D eigenvalue weighted by molar-refractivity contribution is 5.83. The lowest BCUT2D eigenvalue weighted by Crippen LogP contribution is -2.31. The van der Waals surface area contributed by atoms with Gasteiger partial charge in [0.2, 0.25) is 0 Å². The van der Waals surface area contributed by atoms with Gasteiger partial charge in [0, 0.05) is 19.6 Å². The topological polar surface area (TPSA) is 32.5 Å². The van der Waals surface area contributed by atoms with Crippen molar-refractivity contribution in [1.82, 2.24) is 9.96 Å². The molecule has 0 radical (unpaired) electrons. The van der Waals surface area contributed by atoms with Crippen LogP contribution in [0.5, 0.6) is 0 Å². The van der Waals surface area contributed by atoms with E-state index < -0.39 is 0 Å². The van der Waals surface area contributed by atoms with Gasteiger partial charge < -0.3 is 0 Å². The van der Waals surface area contributed by atoms with Crippen LogP contribution in [-0.4, -0.2) is 42.6 Å². The summed E-state index contributed by atoms with van der Waals surface area (Å²) < 4.78 is 0. The predicted octanol–water partition coefficient (Wildman–Crippen LogP) is 1.45. The zero-order chi connectivity index (χ0) is 12.4. The summed E-state index contributed by atoms with van der Waals surface area (Å²) in [5.41, 5.74) is 1.24. The molecule has 1 aliphatic rings. The minimum Gasteiger partial charge on any atom is -0.282 e. The van der Waals surface area contributed by atoms with Crippen molar-refractivity contribution in [3.63, 3.8) is 0 Å². The summed E-state index contributed by atoms with van der Waals surface area (Å²) >= 11 is 0. The molecule has 1 saturated heterocycles. The van der Waals surface area contributed by atoms with Crippen LogP contribution in [0.25, 0.3) is 0 Å². The van der Waals surface area contributed by atoms with E-state index in [0.717, 1.165) is 6.54 Å². The Balaban J connectivity index is 1.97. The maximum absolute atomic E-state index is 11.8. The predicted molar refractivity (Wildman–Crippen MR) is 65.1 cm³/mol. The Bertz CT molecular complexity index is 394. The standard InChI is InChI=1S/C13H18N2O2/c1-10(11-7-5-4-6-8-11)15-9-12(15)13(16)14(2)17-3/h4-8,10,12H,9H2,1-3H3/t10-,12-,15?/m1/s1. The molecule has 0 bridgehead atoms. The van der Waals surface area contributed by atoms with Crippen LogP contribution >= 0.6 is 0 Å². The Morgan fingerprint density at radius 3 is 2.71 bits per heavy atom. The van der Waals surface area contributed by atoms with Crippen LogP contribution in [0.4, 0.5) is 0 Å². The van der Waals surface area contributed by atoms with Crippen molar-refractivity contribution in [1.29, 1.82) is 0 Å². The summed E-state index contributed by atoms with van der Waals surface area (Å²) in [7, 11) is 3.15. The van der Waals surface area contributed by atoms with Crippen LogP contribution in [0.15, 0.2) is 30.3 Å². The monoisotopic (exact) mass is 234 g/mol. The van der Waals surface area contributed by atoms with Crippen LogP contribution < -0.4 is 0 Å². The van der Waals surface area contributed by atoms with Crippen molar-refractivity contribution in [2.24, 2.45) is 0 Å². The average Bonchev–Trinajstić information content (AvgIpc) is 3.17. The second-order valence-corrected chi connectivity index (χ2v) is 4.32. The van der Waals surface area contributed by atoms with Crippen molar-refractivity contribution in [2.45, 2.75) is 19.0 Å². The molecule has 0 aliphatic carbocycles. The number of benzene rings is 1. The molecule has 1 unspecified atom stereocenters. The quantitative estimate of drug-likeness (QED) is 0.584. The number of likely N-dealkylation sites (N-methyl/N-ethyl adjacent to an activating group) is 1. The SMILES string of the molecule is CON(C)C(=O)[C@H]1CN1[C@H](C)c1ccccc1. The number of hydroxylamine groups is 2. The number of hydrogen-bond acceptors (Lipinski definition) is 3. The highest BCUT2D eigenvalue weighted by Gasteiger charge is 2.45. The summed E-state index contributed by atoms with van der Waals surface area (Å²) in [5.74, 6) is 0.0234. The van der Waals surface area contributed by atoms with Gasteiger partial charge in [-0.05, 0) is 12.5 Å². The Hall–Kier alpha value is -1.39. The number of carbonyl (C=O) groups excluding carboxylic acids is 1. The molecule has 1 aromatic rings. The molecule has 1 fully saturated rings. The van der Waals surface area contributed by atoms with Gasteiger partial charge in [0.05, 0.1) is 7.11 Å². The molecule has 17 heavy (non-hydrogen) atoms. The first-order valence-electron chi connectivity index (χ1n) is 5.77. The van der Waals surface area contributed by atoms with Gasteiger partial charge in [0.25, 0.3) is 5.91 Å². The van der Waals surface area contributed by atoms with Crippen LogP contribution in [0.3, 0.4) is 0 Å². The first-order chi connectivity index (χ1) is 8.15. The van der Waals surface area contributed by atoms with E-state index >= 15 is 0 Å². The zero-order valence-corrected chi connectivity index (χ0v) is 10.5. The molecule has 0 aromatic heterocycles. The van der Waals surface area contributed by atoms with Crippen molar-refractivity contribution in [3.8, 4) is 0 Å². The molecule has 0 saturated carbocycles. The lowest BCUT2D eigenvalue weighted by atomic mass is 10.1. The Labute approximate surface area is 102 Å². The van der Waals surface area contributed by atoms with E-state index in [0.29, 0.717) is 0 Å². The Kier molecular flexibility index (Phi) is 3.45. The minimum absolute atomic E-state index is 0.0234. The fraction of sp³-hybridized carbons (Fsp3) is 0.462. The van der Waals surface area contributed by atoms with E-state index in [2.05, 4.69) is 24.0 Å².